The first kappa shape index (κ1) is 17.0. The summed E-state index contributed by atoms with van der Waals surface area (Å²) in [5.41, 5.74) is 0.842. The summed E-state index contributed by atoms with van der Waals surface area (Å²) in [5, 5.41) is 23.4. The van der Waals surface area contributed by atoms with Gasteiger partial charge in [-0.3, -0.25) is 4.79 Å². The number of carbonyl (C=O) groups is 2. The Morgan fingerprint density at radius 3 is 2.65 bits per heavy atom. The van der Waals surface area contributed by atoms with Gasteiger partial charge in [-0.1, -0.05) is 0 Å². The number of thiazole rings is 1. The highest BCUT2D eigenvalue weighted by molar-refractivity contribution is 7.14. The van der Waals surface area contributed by atoms with Crippen LogP contribution in [0.5, 0.6) is 0 Å². The lowest BCUT2D eigenvalue weighted by Gasteiger charge is -2.07. The highest BCUT2D eigenvalue weighted by Crippen LogP contribution is 2.25. The molecule has 0 fully saturated rings. The van der Waals surface area contributed by atoms with Gasteiger partial charge in [0.25, 0.3) is 0 Å². The molecule has 0 amide bonds. The van der Waals surface area contributed by atoms with E-state index in [4.69, 9.17) is 10.1 Å². The quantitative estimate of drug-likeness (QED) is 0.359. The van der Waals surface area contributed by atoms with Gasteiger partial charge in [-0.05, 0) is 25.3 Å². The SMILES string of the molecule is CC(=N)/C(C(C)=O)=C(/O)COC(=O)c1csc(-c2ccsc2)n1. The molecule has 0 aromatic carbocycles. The van der Waals surface area contributed by atoms with E-state index in [1.165, 1.54) is 36.5 Å². The van der Waals surface area contributed by atoms with Crippen molar-refractivity contribution in [3.8, 4) is 10.6 Å². The van der Waals surface area contributed by atoms with Crippen LogP contribution in [-0.4, -0.2) is 34.2 Å². The minimum Gasteiger partial charge on any atom is -0.508 e. The fraction of sp³-hybridized carbons (Fsp3) is 0.200. The molecule has 6 nitrogen and oxygen atoms in total. The molecule has 8 heteroatoms. The third kappa shape index (κ3) is 4.11. The van der Waals surface area contributed by atoms with Gasteiger partial charge in [-0.2, -0.15) is 11.3 Å². The van der Waals surface area contributed by atoms with Crippen LogP contribution in [0.2, 0.25) is 0 Å². The van der Waals surface area contributed by atoms with E-state index in [1.54, 1.807) is 5.38 Å². The molecule has 0 aliphatic heterocycles. The molecule has 0 saturated carbocycles. The monoisotopic (exact) mass is 350 g/mol. The second-order valence-electron chi connectivity index (χ2n) is 4.63. The van der Waals surface area contributed by atoms with Gasteiger partial charge in [0.1, 0.15) is 17.4 Å². The molecule has 0 aliphatic carbocycles. The molecule has 0 spiro atoms. The van der Waals surface area contributed by atoms with Gasteiger partial charge < -0.3 is 15.3 Å². The first-order chi connectivity index (χ1) is 10.9. The van der Waals surface area contributed by atoms with Crippen molar-refractivity contribution in [3.63, 3.8) is 0 Å². The van der Waals surface area contributed by atoms with Gasteiger partial charge in [-0.15, -0.1) is 11.3 Å². The zero-order valence-electron chi connectivity index (χ0n) is 12.5. The Balaban J connectivity index is 2.07. The number of hydrogen-bond acceptors (Lipinski definition) is 8. The number of aromatic nitrogens is 1. The Hall–Kier alpha value is -2.32. The number of ether oxygens (including phenoxy) is 1. The topological polar surface area (TPSA) is 100 Å². The van der Waals surface area contributed by atoms with E-state index in [2.05, 4.69) is 4.98 Å². The number of aliphatic hydroxyl groups is 1. The lowest BCUT2D eigenvalue weighted by Crippen LogP contribution is -2.15. The summed E-state index contributed by atoms with van der Waals surface area (Å²) in [4.78, 5) is 27.5. The molecule has 0 unspecified atom stereocenters. The van der Waals surface area contributed by atoms with Gasteiger partial charge in [0, 0.05) is 22.0 Å². The Morgan fingerprint density at radius 1 is 1.35 bits per heavy atom. The van der Waals surface area contributed by atoms with E-state index in [0.717, 1.165) is 5.56 Å². The minimum absolute atomic E-state index is 0.0838. The molecule has 120 valence electrons. The number of hydrogen-bond donors (Lipinski definition) is 2. The van der Waals surface area contributed by atoms with Crippen molar-refractivity contribution in [1.82, 2.24) is 4.98 Å². The number of thiophene rings is 1. The van der Waals surface area contributed by atoms with Crippen molar-refractivity contribution >= 4 is 40.1 Å². The third-order valence-corrected chi connectivity index (χ3v) is 4.41. The Kier molecular flexibility index (Phi) is 5.41. The predicted molar refractivity (Wildman–Crippen MR) is 89.4 cm³/mol. The molecule has 0 aliphatic rings. The number of nitrogens with zero attached hydrogens (tertiary/aromatic N) is 1. The molecule has 2 N–H and O–H groups in total. The van der Waals surface area contributed by atoms with Gasteiger partial charge >= 0.3 is 5.97 Å². The van der Waals surface area contributed by atoms with Crippen LogP contribution < -0.4 is 0 Å². The van der Waals surface area contributed by atoms with Crippen molar-refractivity contribution in [2.75, 3.05) is 6.61 Å². The minimum atomic E-state index is -0.695. The first-order valence-electron chi connectivity index (χ1n) is 6.54. The summed E-state index contributed by atoms with van der Waals surface area (Å²) < 4.78 is 4.95. The smallest absolute Gasteiger partial charge is 0.358 e. The molecule has 0 atom stereocenters. The number of allylic oxidation sites excluding steroid dienone is 1. The zero-order chi connectivity index (χ0) is 17.0. The molecule has 0 saturated heterocycles. The third-order valence-electron chi connectivity index (χ3n) is 2.84. The maximum atomic E-state index is 11.9. The van der Waals surface area contributed by atoms with Crippen LogP contribution in [0.25, 0.3) is 10.6 Å². The number of ketones is 1. The van der Waals surface area contributed by atoms with E-state index in [1.807, 2.05) is 16.8 Å². The number of nitrogens with one attached hydrogen (secondary N) is 1. The standard InChI is InChI=1S/C15H14N2O4S2/c1-8(16)13(9(2)18)12(19)5-21-15(20)11-7-23-14(17-11)10-3-4-22-6-10/h3-4,6-7,16,19H,5H2,1-2H3/b13-12-,16-8?. The maximum Gasteiger partial charge on any atom is 0.358 e. The van der Waals surface area contributed by atoms with E-state index < -0.39 is 24.1 Å². The summed E-state index contributed by atoms with van der Waals surface area (Å²) in [6, 6.07) is 1.90. The summed E-state index contributed by atoms with van der Waals surface area (Å²) >= 11 is 2.85. The van der Waals surface area contributed by atoms with E-state index in [0.29, 0.717) is 5.01 Å². The second kappa shape index (κ2) is 7.30. The molecule has 2 aromatic heterocycles. The van der Waals surface area contributed by atoms with E-state index >= 15 is 0 Å². The molecule has 23 heavy (non-hydrogen) atoms. The van der Waals surface area contributed by atoms with Gasteiger partial charge in [-0.25, -0.2) is 9.78 Å². The van der Waals surface area contributed by atoms with Crippen LogP contribution >= 0.6 is 22.7 Å². The van der Waals surface area contributed by atoms with Crippen LogP contribution in [0.1, 0.15) is 24.3 Å². The van der Waals surface area contributed by atoms with Crippen LogP contribution in [-0.2, 0) is 9.53 Å². The van der Waals surface area contributed by atoms with Crippen LogP contribution in [0.15, 0.2) is 33.5 Å². The van der Waals surface area contributed by atoms with Crippen molar-refractivity contribution in [2.24, 2.45) is 0 Å². The van der Waals surface area contributed by atoms with Crippen LogP contribution in [0.3, 0.4) is 0 Å². The van der Waals surface area contributed by atoms with E-state index in [-0.39, 0.29) is 17.0 Å². The molecular weight excluding hydrogens is 336 g/mol. The summed E-state index contributed by atoms with van der Waals surface area (Å²) in [6.07, 6.45) is 0. The maximum absolute atomic E-state index is 11.9. The Morgan fingerprint density at radius 2 is 2.09 bits per heavy atom. The Labute approximate surface area is 140 Å². The number of aliphatic hydroxyl groups excluding tert-OH is 1. The zero-order valence-corrected chi connectivity index (χ0v) is 14.1. The fourth-order valence-electron chi connectivity index (χ4n) is 1.85. The molecule has 2 aromatic rings. The number of rotatable bonds is 6. The van der Waals surface area contributed by atoms with Gasteiger partial charge in [0.2, 0.25) is 0 Å². The molecule has 0 radical (unpaired) electrons. The van der Waals surface area contributed by atoms with Crippen molar-refractivity contribution < 1.29 is 19.4 Å². The van der Waals surface area contributed by atoms with Crippen molar-refractivity contribution in [1.29, 1.82) is 5.41 Å². The number of esters is 1. The molecule has 0 bridgehead atoms. The van der Waals surface area contributed by atoms with E-state index in [9.17, 15) is 14.7 Å². The predicted octanol–water partition coefficient (Wildman–Crippen LogP) is 3.47. The summed E-state index contributed by atoms with van der Waals surface area (Å²) in [6.45, 7) is 2.14. The fourth-order valence-corrected chi connectivity index (χ4v) is 3.35. The average Bonchev–Trinajstić information content (AvgIpc) is 3.14. The summed E-state index contributed by atoms with van der Waals surface area (Å²) in [5.74, 6) is -1.59. The number of carbonyl (C=O) groups excluding carboxylic acids is 2. The van der Waals surface area contributed by atoms with Gasteiger partial charge in [0.15, 0.2) is 11.5 Å². The lowest BCUT2D eigenvalue weighted by molar-refractivity contribution is -0.113. The normalized spacial score (nSPS) is 11.7. The lowest BCUT2D eigenvalue weighted by atomic mass is 10.1. The highest BCUT2D eigenvalue weighted by atomic mass is 32.1. The first-order valence-corrected chi connectivity index (χ1v) is 8.36. The molecule has 2 rings (SSSR count). The second-order valence-corrected chi connectivity index (χ2v) is 6.27. The highest BCUT2D eigenvalue weighted by Gasteiger charge is 2.17. The van der Waals surface area contributed by atoms with Crippen molar-refractivity contribution in [2.45, 2.75) is 13.8 Å². The van der Waals surface area contributed by atoms with Crippen LogP contribution in [0, 0.1) is 5.41 Å². The molecule has 2 heterocycles. The Bertz CT molecular complexity index is 759. The summed E-state index contributed by atoms with van der Waals surface area (Å²) in [7, 11) is 0. The number of Topliss-reactive ketones (excluding diaryl/α,β-unsaturated/α-hetero) is 1. The van der Waals surface area contributed by atoms with Crippen molar-refractivity contribution in [3.05, 3.63) is 39.2 Å². The average molecular weight is 350 g/mol. The van der Waals surface area contributed by atoms with Gasteiger partial charge in [0.05, 0.1) is 5.57 Å². The largest absolute Gasteiger partial charge is 0.508 e. The van der Waals surface area contributed by atoms with Crippen LogP contribution in [0.4, 0.5) is 0 Å². The molecular formula is C15H14N2O4S2.